The summed E-state index contributed by atoms with van der Waals surface area (Å²) in [5, 5.41) is 0. The van der Waals surface area contributed by atoms with Crippen LogP contribution in [-0.2, 0) is 25.2 Å². The Kier molecular flexibility index (Phi) is 9.29. The molecule has 1 aliphatic rings. The smallest absolute Gasteiger partial charge is 0.310 e. The molecule has 2 atom stereocenters. The summed E-state index contributed by atoms with van der Waals surface area (Å²) >= 11 is 0. The molecule has 5 nitrogen and oxygen atoms in total. The first-order valence-electron chi connectivity index (χ1n) is 13.7. The third-order valence-electron chi connectivity index (χ3n) is 6.99. The summed E-state index contributed by atoms with van der Waals surface area (Å²) in [6.45, 7) is 9.87. The van der Waals surface area contributed by atoms with Gasteiger partial charge in [0.25, 0.3) is 0 Å². The van der Waals surface area contributed by atoms with Crippen molar-refractivity contribution >= 4 is 16.0 Å². The van der Waals surface area contributed by atoms with E-state index in [0.29, 0.717) is 12.0 Å². The fourth-order valence-electron chi connectivity index (χ4n) is 4.73. The first-order valence-corrected chi connectivity index (χ1v) is 15.2. The van der Waals surface area contributed by atoms with E-state index in [1.165, 1.54) is 4.31 Å². The van der Waals surface area contributed by atoms with Gasteiger partial charge in [-0.1, -0.05) is 92.1 Å². The van der Waals surface area contributed by atoms with Crippen molar-refractivity contribution in [2.24, 2.45) is 11.8 Å². The van der Waals surface area contributed by atoms with Crippen LogP contribution in [0.15, 0.2) is 102 Å². The predicted molar refractivity (Wildman–Crippen MR) is 159 cm³/mol. The molecular formula is C34H37NO4S. The van der Waals surface area contributed by atoms with Crippen molar-refractivity contribution < 1.29 is 17.9 Å². The number of ether oxygens (including phenoxy) is 1. The van der Waals surface area contributed by atoms with E-state index in [4.69, 9.17) is 4.74 Å². The Labute approximate surface area is 238 Å². The van der Waals surface area contributed by atoms with Crippen molar-refractivity contribution in [2.75, 3.05) is 6.54 Å². The molecule has 0 spiro atoms. The molecule has 0 saturated heterocycles. The lowest BCUT2D eigenvalue weighted by atomic mass is 9.81. The molecule has 4 rings (SSSR count). The summed E-state index contributed by atoms with van der Waals surface area (Å²) in [6, 6.07) is 24.7. The van der Waals surface area contributed by atoms with E-state index in [-0.39, 0.29) is 29.2 Å². The van der Waals surface area contributed by atoms with Crippen LogP contribution in [0.25, 0.3) is 0 Å². The van der Waals surface area contributed by atoms with Crippen molar-refractivity contribution in [2.45, 2.75) is 56.6 Å². The Morgan fingerprint density at radius 2 is 1.62 bits per heavy atom. The molecule has 40 heavy (non-hydrogen) atoms. The van der Waals surface area contributed by atoms with Gasteiger partial charge in [-0.3, -0.25) is 4.79 Å². The Morgan fingerprint density at radius 1 is 1.02 bits per heavy atom. The van der Waals surface area contributed by atoms with Crippen molar-refractivity contribution in [1.29, 1.82) is 0 Å². The zero-order valence-electron chi connectivity index (χ0n) is 23.4. The van der Waals surface area contributed by atoms with Crippen molar-refractivity contribution in [1.82, 2.24) is 4.31 Å². The average molecular weight is 556 g/mol. The summed E-state index contributed by atoms with van der Waals surface area (Å²) in [7, 11) is -4.04. The SMILES string of the molecule is C=CCN([C@@H](CC(C)C)C(C#Cc1ccccc1)(OC(=O)C1CC1)c1ccccc1)S(=O)(=O)c1ccc(C)cc1. The van der Waals surface area contributed by atoms with Crippen LogP contribution in [0.4, 0.5) is 0 Å². The highest BCUT2D eigenvalue weighted by Crippen LogP contribution is 2.41. The van der Waals surface area contributed by atoms with Gasteiger partial charge in [0.15, 0.2) is 0 Å². The number of sulfonamides is 1. The zero-order valence-corrected chi connectivity index (χ0v) is 24.2. The van der Waals surface area contributed by atoms with Crippen LogP contribution in [-0.4, -0.2) is 31.3 Å². The largest absolute Gasteiger partial charge is 0.439 e. The van der Waals surface area contributed by atoms with Crippen LogP contribution in [0.2, 0.25) is 0 Å². The Hall–Kier alpha value is -3.66. The van der Waals surface area contributed by atoms with E-state index in [9.17, 15) is 13.2 Å². The summed E-state index contributed by atoms with van der Waals surface area (Å²) in [5.41, 5.74) is 0.761. The standard InChI is InChI=1S/C34H37NO4S/c1-5-24-35(40(37,38)31-20-16-27(4)17-21-31)32(25-26(2)3)34(30-14-10-7-11-15-30,39-33(36)29-18-19-29)23-22-28-12-8-6-9-13-28/h5-17,20-21,26,29,32H,1,18-19,24-25H2,2-4H3/t32-,34?/m0/s1. The lowest BCUT2D eigenvalue weighted by Gasteiger charge is -2.42. The van der Waals surface area contributed by atoms with Crippen LogP contribution in [0.3, 0.4) is 0 Å². The van der Waals surface area contributed by atoms with Gasteiger partial charge in [-0.25, -0.2) is 8.42 Å². The summed E-state index contributed by atoms with van der Waals surface area (Å²) in [4.78, 5) is 13.6. The molecule has 1 saturated carbocycles. The fraction of sp³-hybridized carbons (Fsp3) is 0.324. The van der Waals surface area contributed by atoms with Crippen molar-refractivity contribution in [3.63, 3.8) is 0 Å². The average Bonchev–Trinajstić information content (AvgIpc) is 3.80. The fourth-order valence-corrected chi connectivity index (χ4v) is 6.35. The molecule has 208 valence electrons. The molecule has 0 aliphatic heterocycles. The Bertz CT molecular complexity index is 1470. The molecular weight excluding hydrogens is 518 g/mol. The van der Waals surface area contributed by atoms with E-state index in [1.807, 2.05) is 81.4 Å². The van der Waals surface area contributed by atoms with Crippen molar-refractivity contribution in [3.8, 4) is 11.8 Å². The highest BCUT2D eigenvalue weighted by molar-refractivity contribution is 7.89. The Morgan fingerprint density at radius 3 is 2.17 bits per heavy atom. The van der Waals surface area contributed by atoms with Gasteiger partial charge >= 0.3 is 5.97 Å². The number of aryl methyl sites for hydroxylation is 1. The summed E-state index contributed by atoms with van der Waals surface area (Å²) < 4.78 is 36.5. The number of esters is 1. The molecule has 0 bridgehead atoms. The maximum Gasteiger partial charge on any atom is 0.310 e. The van der Waals surface area contributed by atoms with Crippen LogP contribution >= 0.6 is 0 Å². The van der Waals surface area contributed by atoms with Crippen LogP contribution in [0.1, 0.15) is 49.8 Å². The van der Waals surface area contributed by atoms with E-state index in [1.54, 1.807) is 30.3 Å². The van der Waals surface area contributed by atoms with E-state index in [2.05, 4.69) is 18.4 Å². The van der Waals surface area contributed by atoms with Crippen LogP contribution in [0, 0.1) is 30.6 Å². The minimum absolute atomic E-state index is 0.0240. The van der Waals surface area contributed by atoms with Gasteiger partial charge in [-0.05, 0) is 62.3 Å². The molecule has 0 N–H and O–H groups in total. The third-order valence-corrected chi connectivity index (χ3v) is 8.88. The highest BCUT2D eigenvalue weighted by atomic mass is 32.2. The second-order valence-electron chi connectivity index (χ2n) is 10.7. The highest BCUT2D eigenvalue weighted by Gasteiger charge is 2.51. The molecule has 3 aromatic carbocycles. The topological polar surface area (TPSA) is 63.7 Å². The van der Waals surface area contributed by atoms with Gasteiger partial charge in [0.1, 0.15) is 0 Å². The maximum atomic E-state index is 14.3. The first-order chi connectivity index (χ1) is 19.2. The van der Waals surface area contributed by atoms with E-state index in [0.717, 1.165) is 24.0 Å². The zero-order chi connectivity index (χ0) is 28.8. The maximum absolute atomic E-state index is 14.3. The second-order valence-corrected chi connectivity index (χ2v) is 12.6. The molecule has 6 heteroatoms. The monoisotopic (exact) mass is 555 g/mol. The van der Waals surface area contributed by atoms with Crippen LogP contribution < -0.4 is 0 Å². The molecule has 0 amide bonds. The molecule has 3 aromatic rings. The van der Waals surface area contributed by atoms with Gasteiger partial charge in [-0.2, -0.15) is 4.31 Å². The molecule has 1 unspecified atom stereocenters. The van der Waals surface area contributed by atoms with E-state index < -0.39 is 21.7 Å². The number of hydrogen-bond acceptors (Lipinski definition) is 4. The molecule has 1 fully saturated rings. The second kappa shape index (κ2) is 12.7. The van der Waals surface area contributed by atoms with Gasteiger partial charge in [-0.15, -0.1) is 6.58 Å². The minimum Gasteiger partial charge on any atom is -0.439 e. The van der Waals surface area contributed by atoms with Gasteiger partial charge < -0.3 is 4.74 Å². The van der Waals surface area contributed by atoms with Gasteiger partial charge in [0, 0.05) is 17.7 Å². The summed E-state index contributed by atoms with van der Waals surface area (Å²) in [5.74, 6) is 6.05. The van der Waals surface area contributed by atoms with Gasteiger partial charge in [0.05, 0.1) is 16.9 Å². The normalized spacial score (nSPS) is 15.5. The number of rotatable bonds is 11. The lowest BCUT2D eigenvalue weighted by Crippen LogP contribution is -2.55. The number of carbonyl (C=O) groups is 1. The predicted octanol–water partition coefficient (Wildman–Crippen LogP) is 6.49. The third kappa shape index (κ3) is 6.72. The first kappa shape index (κ1) is 29.3. The van der Waals surface area contributed by atoms with Crippen LogP contribution in [0.5, 0.6) is 0 Å². The minimum atomic E-state index is -4.04. The number of carbonyl (C=O) groups excluding carboxylic acids is 1. The molecule has 0 radical (unpaired) electrons. The number of benzene rings is 3. The molecule has 1 aliphatic carbocycles. The molecule has 0 heterocycles. The number of hydrogen-bond donors (Lipinski definition) is 0. The number of nitrogens with zero attached hydrogens (tertiary/aromatic N) is 1. The Balaban J connectivity index is 2.00. The van der Waals surface area contributed by atoms with E-state index >= 15 is 0 Å². The van der Waals surface area contributed by atoms with Gasteiger partial charge in [0.2, 0.25) is 15.6 Å². The molecule has 0 aromatic heterocycles. The lowest BCUT2D eigenvalue weighted by molar-refractivity contribution is -0.162. The van der Waals surface area contributed by atoms with Crippen molar-refractivity contribution in [3.05, 3.63) is 114 Å². The summed E-state index contributed by atoms with van der Waals surface area (Å²) in [6.07, 6.45) is 3.48. The quantitative estimate of drug-likeness (QED) is 0.154.